The number of hydrogen-bond donors (Lipinski definition) is 4. The zero-order valence-electron chi connectivity index (χ0n) is 39.6. The number of rotatable bonds is 30. The van der Waals surface area contributed by atoms with Crippen molar-refractivity contribution in [3.63, 3.8) is 0 Å². The van der Waals surface area contributed by atoms with E-state index < -0.39 is 55.2 Å². The number of nitrogens with two attached hydrogens (primary N) is 1. The number of unbranched alkanes of at least 4 members (excludes halogenated alkanes) is 1. The average Bonchev–Trinajstić information content (AvgIpc) is 4.11. The lowest BCUT2D eigenvalue weighted by atomic mass is 9.94. The van der Waals surface area contributed by atoms with E-state index in [1.165, 1.54) is 19.3 Å². The second kappa shape index (κ2) is 27.6. The molecule has 2 aromatic heterocycles. The number of amides is 7. The first-order valence-corrected chi connectivity index (χ1v) is 25.4. The Hall–Kier alpha value is -5.55. The van der Waals surface area contributed by atoms with Crippen LogP contribution in [0.3, 0.4) is 0 Å². The van der Waals surface area contributed by atoms with Crippen molar-refractivity contribution in [2.24, 2.45) is 25.7 Å². The number of benzene rings is 1. The van der Waals surface area contributed by atoms with Crippen molar-refractivity contribution in [3.05, 3.63) is 47.5 Å². The Morgan fingerprint density at radius 3 is 2.25 bits per heavy atom. The number of aromatic nitrogens is 7. The summed E-state index contributed by atoms with van der Waals surface area (Å²) >= 11 is 13.8. The molecule has 69 heavy (non-hydrogen) atoms. The lowest BCUT2D eigenvalue weighted by Gasteiger charge is -2.31. The lowest BCUT2D eigenvalue weighted by molar-refractivity contribution is -0.146. The Kier molecular flexibility index (Phi) is 21.7. The van der Waals surface area contributed by atoms with Crippen molar-refractivity contribution in [1.29, 1.82) is 0 Å². The monoisotopic (exact) mass is 1020 g/mol. The highest BCUT2D eigenvalue weighted by molar-refractivity contribution is 8.00. The number of aryl methyl sites for hydroxylation is 3. The molecule has 25 heteroatoms. The van der Waals surface area contributed by atoms with Crippen molar-refractivity contribution < 1.29 is 33.6 Å². The van der Waals surface area contributed by atoms with Crippen LogP contribution in [-0.4, -0.2) is 172 Å². The zero-order valence-corrected chi connectivity index (χ0v) is 41.9. The van der Waals surface area contributed by atoms with Gasteiger partial charge in [-0.15, -0.1) is 38.5 Å². The van der Waals surface area contributed by atoms with Crippen LogP contribution in [-0.2, 0) is 67.2 Å². The minimum atomic E-state index is -1.28. The van der Waals surface area contributed by atoms with E-state index in [4.69, 9.17) is 28.9 Å². The van der Waals surface area contributed by atoms with Gasteiger partial charge in [-0.1, -0.05) is 30.7 Å². The molecule has 2 saturated heterocycles. The number of nitrogens with one attached hydrogen (secondary N) is 3. The van der Waals surface area contributed by atoms with Crippen LogP contribution in [0, 0.1) is 5.92 Å². The van der Waals surface area contributed by atoms with E-state index in [2.05, 4.69) is 46.6 Å². The van der Waals surface area contributed by atoms with Crippen LogP contribution in [0.1, 0.15) is 75.4 Å². The van der Waals surface area contributed by atoms with Crippen molar-refractivity contribution in [3.8, 4) is 0 Å². The molecule has 2 aliphatic rings. The Morgan fingerprint density at radius 2 is 1.59 bits per heavy atom. The zero-order chi connectivity index (χ0) is 49.9. The fraction of sp³-hybridized carbons (Fsp3) is 0.636. The quantitative estimate of drug-likeness (QED) is 0.0524. The fourth-order valence-electron chi connectivity index (χ4n) is 8.40. The average molecular weight is 1020 g/mol. The molecule has 3 aromatic rings. The van der Waals surface area contributed by atoms with Gasteiger partial charge in [-0.2, -0.15) is 16.6 Å². The number of tetrazole rings is 1. The van der Waals surface area contributed by atoms with Crippen LogP contribution in [0.15, 0.2) is 30.5 Å². The van der Waals surface area contributed by atoms with E-state index in [9.17, 15) is 33.6 Å². The molecule has 2 aliphatic heterocycles. The van der Waals surface area contributed by atoms with E-state index >= 15 is 0 Å². The number of carbonyl (C=O) groups is 7. The molecule has 5 rings (SSSR count). The molecule has 2 fully saturated rings. The minimum Gasteiger partial charge on any atom is -0.369 e. The van der Waals surface area contributed by atoms with Crippen LogP contribution < -0.4 is 26.6 Å². The van der Waals surface area contributed by atoms with Crippen molar-refractivity contribution in [2.45, 2.75) is 95.1 Å². The summed E-state index contributed by atoms with van der Waals surface area (Å²) in [5.74, 6) is -1.07. The van der Waals surface area contributed by atoms with Gasteiger partial charge in [0.1, 0.15) is 18.3 Å². The number of fused-ring (bicyclic) bond motifs is 1. The van der Waals surface area contributed by atoms with Crippen molar-refractivity contribution in [2.75, 3.05) is 68.2 Å². The highest BCUT2D eigenvalue weighted by atomic mass is 35.5. The Balaban J connectivity index is 1.27. The molecular weight excluding hydrogens is 954 g/mol. The van der Waals surface area contributed by atoms with Gasteiger partial charge in [0.15, 0.2) is 5.82 Å². The van der Waals surface area contributed by atoms with Gasteiger partial charge in [0.25, 0.3) is 0 Å². The van der Waals surface area contributed by atoms with Gasteiger partial charge >= 0.3 is 0 Å². The standard InChI is InChI=1S/C44H65Cl2N15O7S/c1-4-18-59(27-43(67)60(25-37(47)62)26-38-52-55-57(3)53-38)42(66)28-61(24-31-23-56(2)54-51-31)44(68)34(49-40(64)10-6-5-9-36-33-21-41(65)50-35(33)29-69-36)22-48-39(63)11-7-8-30-12-14-32(15-13-30)58(19-16-45)20-17-46/h12-15,23,33-36H,4-11,16-22,24-29H2,1-3H3,(H2,47,62)(H,48,63)(H,49,64)(H,50,65)/t33-,34?,35-,36-/m0/s1. The van der Waals surface area contributed by atoms with E-state index in [0.717, 1.165) is 34.7 Å². The van der Waals surface area contributed by atoms with E-state index in [0.29, 0.717) is 67.9 Å². The van der Waals surface area contributed by atoms with Gasteiger partial charge in [-0.3, -0.25) is 38.2 Å². The summed E-state index contributed by atoms with van der Waals surface area (Å²) in [6, 6.07) is 6.92. The molecule has 378 valence electrons. The smallest absolute Gasteiger partial charge is 0.247 e. The summed E-state index contributed by atoms with van der Waals surface area (Å²) in [5.41, 5.74) is 7.85. The largest absolute Gasteiger partial charge is 0.369 e. The highest BCUT2D eigenvalue weighted by Gasteiger charge is 2.42. The number of primary amides is 1. The van der Waals surface area contributed by atoms with Gasteiger partial charge in [-0.05, 0) is 55.0 Å². The minimum absolute atomic E-state index is 0.0809. The Bertz CT molecular complexity index is 2190. The first kappa shape index (κ1) is 54.4. The number of alkyl halides is 2. The van der Waals surface area contributed by atoms with Crippen molar-refractivity contribution >= 4 is 82.0 Å². The molecule has 0 saturated carbocycles. The second-order valence-electron chi connectivity index (χ2n) is 17.3. The molecule has 4 atom stereocenters. The van der Waals surface area contributed by atoms with E-state index in [1.54, 1.807) is 20.3 Å². The first-order chi connectivity index (χ1) is 33.1. The second-order valence-corrected chi connectivity index (χ2v) is 19.3. The summed E-state index contributed by atoms with van der Waals surface area (Å²) in [7, 11) is 3.20. The molecule has 0 aliphatic carbocycles. The molecule has 22 nitrogen and oxygen atoms in total. The molecule has 7 amide bonds. The highest BCUT2D eigenvalue weighted by Crippen LogP contribution is 2.40. The SMILES string of the molecule is CCCN(CC(=O)N(CC(N)=O)Cc1nnn(C)n1)C(=O)CN(Cc1cn(C)nn1)C(=O)C(CNC(=O)CCCc1ccc(N(CCCl)CCCl)cc1)NC(=O)CCCC[C@@H]1SC[C@@H]2NC(=O)C[C@@H]21. The molecule has 0 spiro atoms. The molecule has 0 radical (unpaired) electrons. The van der Waals surface area contributed by atoms with Gasteiger partial charge in [0.2, 0.25) is 41.4 Å². The van der Waals surface area contributed by atoms with E-state index in [1.807, 2.05) is 43.0 Å². The third-order valence-electron chi connectivity index (χ3n) is 11.8. The number of hydrogen-bond acceptors (Lipinski definition) is 14. The molecular formula is C44H65Cl2N15O7S. The van der Waals surface area contributed by atoms with Crippen LogP contribution in [0.25, 0.3) is 0 Å². The third kappa shape index (κ3) is 17.4. The number of anilines is 1. The normalized spacial score (nSPS) is 16.6. The number of carbonyl (C=O) groups excluding carboxylic acids is 7. The maximum atomic E-state index is 14.7. The maximum Gasteiger partial charge on any atom is 0.247 e. The number of thioether (sulfide) groups is 1. The summed E-state index contributed by atoms with van der Waals surface area (Å²) < 4.78 is 1.44. The Morgan fingerprint density at radius 1 is 0.884 bits per heavy atom. The van der Waals surface area contributed by atoms with Gasteiger partial charge in [0, 0.05) is 99.1 Å². The first-order valence-electron chi connectivity index (χ1n) is 23.3. The predicted molar refractivity (Wildman–Crippen MR) is 259 cm³/mol. The van der Waals surface area contributed by atoms with Crippen LogP contribution >= 0.6 is 35.0 Å². The maximum absolute atomic E-state index is 14.7. The summed E-state index contributed by atoms with van der Waals surface area (Å²) in [4.78, 5) is 100. The molecule has 5 N–H and O–H groups in total. The summed E-state index contributed by atoms with van der Waals surface area (Å²) in [6.07, 6.45) is 6.06. The summed E-state index contributed by atoms with van der Waals surface area (Å²) in [5, 5.41) is 28.9. The molecule has 1 unspecified atom stereocenters. The van der Waals surface area contributed by atoms with Crippen LogP contribution in [0.5, 0.6) is 0 Å². The van der Waals surface area contributed by atoms with Crippen LogP contribution in [0.2, 0.25) is 0 Å². The number of halogens is 2. The van der Waals surface area contributed by atoms with Gasteiger partial charge in [0.05, 0.1) is 33.2 Å². The molecule has 0 bridgehead atoms. The topological polar surface area (TPSA) is 269 Å². The molecule has 4 heterocycles. The summed E-state index contributed by atoms with van der Waals surface area (Å²) in [6.45, 7) is 1.17. The third-order valence-corrected chi connectivity index (χ3v) is 13.7. The van der Waals surface area contributed by atoms with Crippen molar-refractivity contribution in [1.82, 2.24) is 65.9 Å². The van der Waals surface area contributed by atoms with E-state index in [-0.39, 0.29) is 68.6 Å². The number of nitrogens with zero attached hydrogens (tertiary/aromatic N) is 11. The predicted octanol–water partition coefficient (Wildman–Crippen LogP) is 0.508. The Labute approximate surface area is 416 Å². The fourth-order valence-corrected chi connectivity index (χ4v) is 10.5. The molecule has 1 aromatic carbocycles. The lowest BCUT2D eigenvalue weighted by Crippen LogP contribution is -2.55. The van der Waals surface area contributed by atoms with Gasteiger partial charge in [-0.25, -0.2) is 0 Å². The van der Waals surface area contributed by atoms with Gasteiger partial charge < -0.3 is 41.3 Å². The van der Waals surface area contributed by atoms with Crippen LogP contribution in [0.4, 0.5) is 5.69 Å².